The molecule has 3 N–H and O–H groups in total. The molecule has 0 aliphatic carbocycles. The lowest BCUT2D eigenvalue weighted by molar-refractivity contribution is 0.413. The number of nitrogens with two attached hydrogens (primary N) is 1. The minimum atomic E-state index is 0.674. The fourth-order valence-electron chi connectivity index (χ4n) is 1.41. The fraction of sp³-hybridized carbons (Fsp3) is 0.273. The van der Waals surface area contributed by atoms with Crippen molar-refractivity contribution in [1.29, 1.82) is 0 Å². The van der Waals surface area contributed by atoms with Gasteiger partial charge in [0.25, 0.3) is 0 Å². The maximum Gasteiger partial charge on any atom is 0.137 e. The van der Waals surface area contributed by atoms with Crippen LogP contribution in [0, 0.1) is 0 Å². The maximum absolute atomic E-state index is 5.56. The first-order chi connectivity index (χ1) is 8.28. The van der Waals surface area contributed by atoms with E-state index in [1.54, 1.807) is 30.4 Å². The van der Waals surface area contributed by atoms with Crippen molar-refractivity contribution in [2.24, 2.45) is 0 Å². The summed E-state index contributed by atoms with van der Waals surface area (Å²) in [5.74, 6) is 1.56. The van der Waals surface area contributed by atoms with Crippen molar-refractivity contribution in [1.82, 2.24) is 14.8 Å². The van der Waals surface area contributed by atoms with Gasteiger partial charge >= 0.3 is 0 Å². The first-order valence-electron chi connectivity index (χ1n) is 5.30. The highest BCUT2D eigenvalue weighted by Gasteiger charge is 1.96. The zero-order valence-corrected chi connectivity index (χ0v) is 9.63. The van der Waals surface area contributed by atoms with Crippen molar-refractivity contribution in [3.05, 3.63) is 30.7 Å². The van der Waals surface area contributed by atoms with E-state index in [-0.39, 0.29) is 0 Å². The second-order valence-electron chi connectivity index (χ2n) is 3.55. The summed E-state index contributed by atoms with van der Waals surface area (Å²) in [7, 11) is 1.62. The summed E-state index contributed by atoms with van der Waals surface area (Å²) < 4.78 is 6.81. The zero-order chi connectivity index (χ0) is 12.1. The van der Waals surface area contributed by atoms with Crippen LogP contribution in [0.2, 0.25) is 0 Å². The van der Waals surface area contributed by atoms with Crippen LogP contribution in [-0.4, -0.2) is 28.4 Å². The molecule has 0 unspecified atom stereocenters. The van der Waals surface area contributed by atoms with Gasteiger partial charge in [-0.05, 0) is 12.1 Å². The standard InChI is InChI=1S/C11H15N5O/c1-17-10-2-3-11(14-7-10)13-4-5-16-8-9(12)6-15-16/h2-3,6-8H,4-5,12H2,1H3,(H,13,14). The summed E-state index contributed by atoms with van der Waals surface area (Å²) in [6.07, 6.45) is 5.10. The van der Waals surface area contributed by atoms with Crippen molar-refractivity contribution in [3.8, 4) is 5.75 Å². The smallest absolute Gasteiger partial charge is 0.137 e. The molecule has 0 amide bonds. The molecule has 0 spiro atoms. The van der Waals surface area contributed by atoms with Crippen LogP contribution in [0.5, 0.6) is 5.75 Å². The van der Waals surface area contributed by atoms with E-state index in [0.717, 1.165) is 24.7 Å². The summed E-state index contributed by atoms with van der Waals surface area (Å²) in [5, 5.41) is 7.27. The molecule has 0 fully saturated rings. The molecule has 0 saturated heterocycles. The Balaban J connectivity index is 1.81. The van der Waals surface area contributed by atoms with Crippen molar-refractivity contribution in [2.45, 2.75) is 6.54 Å². The Kier molecular flexibility index (Phi) is 3.44. The average Bonchev–Trinajstić information content (AvgIpc) is 2.76. The number of anilines is 2. The normalized spacial score (nSPS) is 10.2. The van der Waals surface area contributed by atoms with Crippen molar-refractivity contribution in [3.63, 3.8) is 0 Å². The van der Waals surface area contributed by atoms with E-state index in [9.17, 15) is 0 Å². The Morgan fingerprint density at radius 2 is 2.29 bits per heavy atom. The molecular formula is C11H15N5O. The molecule has 6 nitrogen and oxygen atoms in total. The van der Waals surface area contributed by atoms with Crippen molar-refractivity contribution >= 4 is 11.5 Å². The highest BCUT2D eigenvalue weighted by molar-refractivity contribution is 5.37. The Morgan fingerprint density at radius 3 is 2.88 bits per heavy atom. The number of ether oxygens (including phenoxy) is 1. The summed E-state index contributed by atoms with van der Waals surface area (Å²) >= 11 is 0. The van der Waals surface area contributed by atoms with Crippen molar-refractivity contribution < 1.29 is 4.74 Å². The van der Waals surface area contributed by atoms with Gasteiger partial charge in [0.1, 0.15) is 11.6 Å². The molecule has 2 aromatic heterocycles. The Bertz CT molecular complexity index is 465. The summed E-state index contributed by atoms with van der Waals surface area (Å²) in [4.78, 5) is 4.20. The first kappa shape index (κ1) is 11.3. The lowest BCUT2D eigenvalue weighted by Gasteiger charge is -2.06. The van der Waals surface area contributed by atoms with E-state index < -0.39 is 0 Å². The van der Waals surface area contributed by atoms with E-state index in [0.29, 0.717) is 5.69 Å². The van der Waals surface area contributed by atoms with Gasteiger partial charge in [-0.3, -0.25) is 4.68 Å². The topological polar surface area (TPSA) is 78.0 Å². The van der Waals surface area contributed by atoms with Gasteiger partial charge in [-0.25, -0.2) is 4.98 Å². The highest BCUT2D eigenvalue weighted by Crippen LogP contribution is 2.10. The molecular weight excluding hydrogens is 218 g/mol. The molecule has 0 saturated carbocycles. The molecule has 0 radical (unpaired) electrons. The van der Waals surface area contributed by atoms with Gasteiger partial charge in [-0.15, -0.1) is 0 Å². The van der Waals surface area contributed by atoms with E-state index in [4.69, 9.17) is 10.5 Å². The number of nitrogens with zero attached hydrogens (tertiary/aromatic N) is 3. The van der Waals surface area contributed by atoms with Gasteiger partial charge in [-0.2, -0.15) is 5.10 Å². The molecule has 0 aliphatic heterocycles. The minimum Gasteiger partial charge on any atom is -0.495 e. The molecule has 0 bridgehead atoms. The highest BCUT2D eigenvalue weighted by atomic mass is 16.5. The third kappa shape index (κ3) is 3.10. The van der Waals surface area contributed by atoms with Crippen LogP contribution in [0.25, 0.3) is 0 Å². The molecule has 90 valence electrons. The van der Waals surface area contributed by atoms with Crippen LogP contribution in [0.3, 0.4) is 0 Å². The summed E-state index contributed by atoms with van der Waals surface area (Å²) in [5.41, 5.74) is 6.24. The van der Waals surface area contributed by atoms with Crippen molar-refractivity contribution in [2.75, 3.05) is 24.7 Å². The summed E-state index contributed by atoms with van der Waals surface area (Å²) in [6.45, 7) is 1.48. The molecule has 0 aromatic carbocycles. The van der Waals surface area contributed by atoms with Crippen LogP contribution in [-0.2, 0) is 6.54 Å². The van der Waals surface area contributed by atoms with Crippen LogP contribution in [0.1, 0.15) is 0 Å². The van der Waals surface area contributed by atoms with E-state index >= 15 is 0 Å². The second kappa shape index (κ2) is 5.20. The molecule has 0 aliphatic rings. The zero-order valence-electron chi connectivity index (χ0n) is 9.63. The minimum absolute atomic E-state index is 0.674. The molecule has 2 aromatic rings. The molecule has 2 rings (SSSR count). The Labute approximate surface area is 99.4 Å². The SMILES string of the molecule is COc1ccc(NCCn2cc(N)cn2)nc1. The monoisotopic (exact) mass is 233 g/mol. The number of nitrogens with one attached hydrogen (secondary N) is 1. The third-order valence-corrected chi connectivity index (χ3v) is 2.27. The third-order valence-electron chi connectivity index (χ3n) is 2.27. The van der Waals surface area contributed by atoms with Crippen LogP contribution in [0.4, 0.5) is 11.5 Å². The fourth-order valence-corrected chi connectivity index (χ4v) is 1.41. The average molecular weight is 233 g/mol. The Hall–Kier alpha value is -2.24. The summed E-state index contributed by atoms with van der Waals surface area (Å²) in [6, 6.07) is 3.73. The first-order valence-corrected chi connectivity index (χ1v) is 5.30. The van der Waals surface area contributed by atoms with Gasteiger partial charge in [-0.1, -0.05) is 0 Å². The largest absolute Gasteiger partial charge is 0.495 e. The quantitative estimate of drug-likeness (QED) is 0.805. The van der Waals surface area contributed by atoms with E-state index in [1.807, 2.05) is 12.1 Å². The number of methoxy groups -OCH3 is 1. The lowest BCUT2D eigenvalue weighted by Crippen LogP contribution is -2.11. The van der Waals surface area contributed by atoms with Crippen LogP contribution < -0.4 is 15.8 Å². The Morgan fingerprint density at radius 1 is 1.41 bits per heavy atom. The molecule has 6 heteroatoms. The second-order valence-corrected chi connectivity index (χ2v) is 3.55. The van der Waals surface area contributed by atoms with Gasteiger partial charge < -0.3 is 15.8 Å². The van der Waals surface area contributed by atoms with Gasteiger partial charge in [0.2, 0.25) is 0 Å². The molecule has 0 atom stereocenters. The number of rotatable bonds is 5. The molecule has 2 heterocycles. The lowest BCUT2D eigenvalue weighted by atomic mass is 10.4. The van der Waals surface area contributed by atoms with Crippen LogP contribution in [0.15, 0.2) is 30.7 Å². The van der Waals surface area contributed by atoms with E-state index in [2.05, 4.69) is 15.4 Å². The predicted molar refractivity (Wildman–Crippen MR) is 65.9 cm³/mol. The number of aromatic nitrogens is 3. The van der Waals surface area contributed by atoms with E-state index in [1.165, 1.54) is 0 Å². The van der Waals surface area contributed by atoms with Gasteiger partial charge in [0.15, 0.2) is 0 Å². The molecule has 17 heavy (non-hydrogen) atoms. The predicted octanol–water partition coefficient (Wildman–Crippen LogP) is 0.981. The number of nitrogen functional groups attached to an aromatic ring is 1. The maximum atomic E-state index is 5.56. The number of hydrogen-bond acceptors (Lipinski definition) is 5. The van der Waals surface area contributed by atoms with Gasteiger partial charge in [0.05, 0.1) is 31.7 Å². The number of hydrogen-bond donors (Lipinski definition) is 2. The number of pyridine rings is 1. The van der Waals surface area contributed by atoms with Gasteiger partial charge in [0, 0.05) is 12.7 Å². The van der Waals surface area contributed by atoms with Crippen LogP contribution >= 0.6 is 0 Å².